The molecule has 2 aliphatic rings. The summed E-state index contributed by atoms with van der Waals surface area (Å²) in [5.41, 5.74) is 1.27. The van der Waals surface area contributed by atoms with Crippen molar-refractivity contribution in [2.45, 2.75) is 38.1 Å². The molecule has 1 atom stereocenters. The topological polar surface area (TPSA) is 58.1 Å². The monoisotopic (exact) mass is 420 g/mol. The fraction of sp³-hybridized carbons (Fsp3) is 0.696. The lowest BCUT2D eigenvalue weighted by Crippen LogP contribution is -2.48. The van der Waals surface area contributed by atoms with Crippen LogP contribution in [0.1, 0.15) is 43.7 Å². The van der Waals surface area contributed by atoms with Gasteiger partial charge in [0.25, 0.3) is 0 Å². The molecular formula is C23H37FN4O2. The number of benzene rings is 1. The summed E-state index contributed by atoms with van der Waals surface area (Å²) in [4.78, 5) is 6.79. The number of rotatable bonds is 9. The molecule has 6 nitrogen and oxygen atoms in total. The Kier molecular flexibility index (Phi) is 8.90. The molecule has 1 heterocycles. The molecule has 0 bridgehead atoms. The van der Waals surface area contributed by atoms with Crippen LogP contribution >= 0.6 is 0 Å². The first-order chi connectivity index (χ1) is 14.7. The molecule has 2 N–H and O–H groups in total. The van der Waals surface area contributed by atoms with Gasteiger partial charge in [-0.2, -0.15) is 0 Å². The van der Waals surface area contributed by atoms with Crippen LogP contribution in [0.4, 0.5) is 4.39 Å². The fourth-order valence-electron chi connectivity index (χ4n) is 4.70. The first-order valence-corrected chi connectivity index (χ1v) is 11.2. The lowest BCUT2D eigenvalue weighted by Gasteiger charge is -2.35. The van der Waals surface area contributed by atoms with Gasteiger partial charge in [-0.15, -0.1) is 0 Å². The predicted octanol–water partition coefficient (Wildman–Crippen LogP) is 2.96. The third kappa shape index (κ3) is 6.40. The third-order valence-electron chi connectivity index (χ3n) is 6.54. The van der Waals surface area contributed by atoms with E-state index in [0.717, 1.165) is 44.2 Å². The zero-order chi connectivity index (χ0) is 21.2. The second-order valence-electron chi connectivity index (χ2n) is 8.48. The molecule has 3 rings (SSSR count). The highest BCUT2D eigenvalue weighted by atomic mass is 19.1. The van der Waals surface area contributed by atoms with Gasteiger partial charge in [0.05, 0.1) is 19.3 Å². The van der Waals surface area contributed by atoms with E-state index in [2.05, 4.69) is 20.5 Å². The van der Waals surface area contributed by atoms with Crippen LogP contribution in [0, 0.1) is 11.2 Å². The van der Waals surface area contributed by atoms with Gasteiger partial charge >= 0.3 is 0 Å². The van der Waals surface area contributed by atoms with Crippen LogP contribution in [0.3, 0.4) is 0 Å². The SMILES string of the molecule is CN=C(NCC(c1cccc(F)c1)N1CCOCC1)NCC1(CCOC)CCCC1. The van der Waals surface area contributed by atoms with Gasteiger partial charge in [0.2, 0.25) is 0 Å². The van der Waals surface area contributed by atoms with Crippen LogP contribution in [-0.4, -0.2) is 71.0 Å². The minimum atomic E-state index is -0.199. The molecule has 0 amide bonds. The second-order valence-corrected chi connectivity index (χ2v) is 8.48. The summed E-state index contributed by atoms with van der Waals surface area (Å²) in [6, 6.07) is 6.98. The van der Waals surface area contributed by atoms with Crippen LogP contribution < -0.4 is 10.6 Å². The van der Waals surface area contributed by atoms with Crippen molar-refractivity contribution in [1.82, 2.24) is 15.5 Å². The van der Waals surface area contributed by atoms with Crippen molar-refractivity contribution in [3.63, 3.8) is 0 Å². The highest BCUT2D eigenvalue weighted by molar-refractivity contribution is 5.79. The van der Waals surface area contributed by atoms with Crippen LogP contribution in [0.15, 0.2) is 29.3 Å². The van der Waals surface area contributed by atoms with E-state index < -0.39 is 0 Å². The van der Waals surface area contributed by atoms with Gasteiger partial charge < -0.3 is 20.1 Å². The molecule has 7 heteroatoms. The number of guanidine groups is 1. The number of hydrogen-bond donors (Lipinski definition) is 2. The number of methoxy groups -OCH3 is 1. The Morgan fingerprint density at radius 1 is 1.27 bits per heavy atom. The lowest BCUT2D eigenvalue weighted by atomic mass is 9.83. The fourth-order valence-corrected chi connectivity index (χ4v) is 4.70. The average Bonchev–Trinajstić information content (AvgIpc) is 3.24. The first-order valence-electron chi connectivity index (χ1n) is 11.2. The zero-order valence-electron chi connectivity index (χ0n) is 18.5. The number of ether oxygens (including phenoxy) is 2. The number of morpholine rings is 1. The third-order valence-corrected chi connectivity index (χ3v) is 6.54. The molecule has 1 aliphatic carbocycles. The van der Waals surface area contributed by atoms with Gasteiger partial charge in [0.15, 0.2) is 5.96 Å². The molecule has 0 radical (unpaired) electrons. The van der Waals surface area contributed by atoms with Crippen molar-refractivity contribution < 1.29 is 13.9 Å². The van der Waals surface area contributed by atoms with Gasteiger partial charge in [0, 0.05) is 46.9 Å². The molecule has 1 saturated carbocycles. The Hall–Kier alpha value is -1.70. The molecule has 1 aliphatic heterocycles. The van der Waals surface area contributed by atoms with Crippen LogP contribution in [0.2, 0.25) is 0 Å². The molecule has 1 saturated heterocycles. The van der Waals surface area contributed by atoms with E-state index in [0.29, 0.717) is 25.2 Å². The summed E-state index contributed by atoms with van der Waals surface area (Å²) in [6.45, 7) is 5.46. The number of nitrogens with zero attached hydrogens (tertiary/aromatic N) is 2. The van der Waals surface area contributed by atoms with E-state index in [-0.39, 0.29) is 11.9 Å². The largest absolute Gasteiger partial charge is 0.385 e. The van der Waals surface area contributed by atoms with Gasteiger partial charge in [-0.3, -0.25) is 9.89 Å². The smallest absolute Gasteiger partial charge is 0.191 e. The van der Waals surface area contributed by atoms with Crippen molar-refractivity contribution in [1.29, 1.82) is 0 Å². The van der Waals surface area contributed by atoms with Crippen molar-refractivity contribution in [2.24, 2.45) is 10.4 Å². The summed E-state index contributed by atoms with van der Waals surface area (Å²) in [5.74, 6) is 0.600. The van der Waals surface area contributed by atoms with E-state index in [9.17, 15) is 4.39 Å². The minimum Gasteiger partial charge on any atom is -0.385 e. The second kappa shape index (κ2) is 11.6. The Morgan fingerprint density at radius 3 is 2.70 bits per heavy atom. The standard InChI is InChI=1S/C23H37FN4O2/c1-25-22(27-18-23(10-13-29-2)8-3-4-9-23)26-17-21(28-11-14-30-15-12-28)19-6-5-7-20(24)16-19/h5-7,16,21H,3-4,8-15,17-18H2,1-2H3,(H2,25,26,27). The molecule has 30 heavy (non-hydrogen) atoms. The van der Waals surface area contributed by atoms with Crippen molar-refractivity contribution in [2.75, 3.05) is 60.2 Å². The van der Waals surface area contributed by atoms with Crippen molar-refractivity contribution >= 4 is 5.96 Å². The first kappa shape index (κ1) is 23.0. The normalized spacial score (nSPS) is 20.8. The predicted molar refractivity (Wildman–Crippen MR) is 118 cm³/mol. The van der Waals surface area contributed by atoms with Gasteiger partial charge in [-0.25, -0.2) is 4.39 Å². The lowest BCUT2D eigenvalue weighted by molar-refractivity contribution is 0.0169. The summed E-state index contributed by atoms with van der Waals surface area (Å²) in [7, 11) is 3.58. The molecule has 2 fully saturated rings. The van der Waals surface area contributed by atoms with Gasteiger partial charge in [-0.1, -0.05) is 25.0 Å². The van der Waals surface area contributed by atoms with Crippen LogP contribution in [0.5, 0.6) is 0 Å². The Bertz CT molecular complexity index is 673. The Labute approximate surface area is 180 Å². The summed E-state index contributed by atoms with van der Waals surface area (Å²) in [5, 5.41) is 7.03. The number of halogens is 1. The molecule has 168 valence electrons. The van der Waals surface area contributed by atoms with E-state index in [1.54, 1.807) is 26.3 Å². The van der Waals surface area contributed by atoms with Crippen LogP contribution in [0.25, 0.3) is 0 Å². The minimum absolute atomic E-state index is 0.0667. The maximum absolute atomic E-state index is 13.9. The number of aliphatic imine (C=N–C) groups is 1. The van der Waals surface area contributed by atoms with Crippen LogP contribution in [-0.2, 0) is 9.47 Å². The van der Waals surface area contributed by atoms with E-state index >= 15 is 0 Å². The molecule has 0 spiro atoms. The Balaban J connectivity index is 1.61. The van der Waals surface area contributed by atoms with E-state index in [1.165, 1.54) is 31.7 Å². The van der Waals surface area contributed by atoms with Crippen molar-refractivity contribution in [3.8, 4) is 0 Å². The van der Waals surface area contributed by atoms with Crippen molar-refractivity contribution in [3.05, 3.63) is 35.6 Å². The summed E-state index contributed by atoms with van der Waals surface area (Å²) in [6.07, 6.45) is 6.12. The van der Waals surface area contributed by atoms with Gasteiger partial charge in [-0.05, 0) is 42.4 Å². The molecule has 0 aromatic heterocycles. The zero-order valence-corrected chi connectivity index (χ0v) is 18.5. The van der Waals surface area contributed by atoms with E-state index in [1.807, 2.05) is 6.07 Å². The Morgan fingerprint density at radius 2 is 2.03 bits per heavy atom. The average molecular weight is 421 g/mol. The maximum Gasteiger partial charge on any atom is 0.191 e. The molecule has 1 aromatic carbocycles. The molecule has 1 unspecified atom stereocenters. The number of nitrogens with one attached hydrogen (secondary N) is 2. The quantitative estimate of drug-likeness (QED) is 0.475. The molecule has 1 aromatic rings. The summed E-state index contributed by atoms with van der Waals surface area (Å²) < 4.78 is 24.7. The molecular weight excluding hydrogens is 383 g/mol. The number of hydrogen-bond acceptors (Lipinski definition) is 4. The maximum atomic E-state index is 13.9. The highest BCUT2D eigenvalue weighted by Gasteiger charge is 2.33. The highest BCUT2D eigenvalue weighted by Crippen LogP contribution is 2.40. The van der Waals surface area contributed by atoms with E-state index in [4.69, 9.17) is 9.47 Å². The summed E-state index contributed by atoms with van der Waals surface area (Å²) >= 11 is 0. The van der Waals surface area contributed by atoms with Gasteiger partial charge in [0.1, 0.15) is 5.82 Å².